The fourth-order valence-electron chi connectivity index (χ4n) is 10.5. The Kier molecular flexibility index (Phi) is 12.1. The quantitative estimate of drug-likeness (QED) is 0.0998. The van der Waals surface area contributed by atoms with Gasteiger partial charge >= 0.3 is 24.0 Å². The van der Waals surface area contributed by atoms with Crippen molar-refractivity contribution in [1.29, 1.82) is 0 Å². The molecule has 1 aliphatic heterocycles. The second-order valence-electron chi connectivity index (χ2n) is 18.1. The number of aromatic nitrogens is 2. The summed E-state index contributed by atoms with van der Waals surface area (Å²) in [5, 5.41) is 40.6. The molecular formula is C49H51N3O14. The fraction of sp³-hybridized carbons (Fsp3) is 0.408. The maximum Gasteiger partial charge on any atom is 0.419 e. The zero-order chi connectivity index (χ0) is 47.3. The molecule has 2 bridgehead atoms. The van der Waals surface area contributed by atoms with Gasteiger partial charge in [0.05, 0.1) is 35.6 Å². The number of Topliss-reactive ketones (excluding diaryl/α,β-unsaturated/α-hetero) is 1. The highest BCUT2D eigenvalue weighted by molar-refractivity contribution is 5.96. The third-order valence-electron chi connectivity index (χ3n) is 14.1. The summed E-state index contributed by atoms with van der Waals surface area (Å²) in [5.41, 5.74) is -7.39. The number of carbonyl (C=O) groups excluding carboxylic acids is 6. The number of benzene rings is 3. The number of hydrogen-bond acceptors (Lipinski definition) is 15. The molecule has 17 heteroatoms. The number of rotatable bonds is 10. The van der Waals surface area contributed by atoms with Crippen molar-refractivity contribution < 1.29 is 67.8 Å². The number of hydrogen-bond donors (Lipinski definition) is 4. The van der Waals surface area contributed by atoms with Crippen LogP contribution in [0.3, 0.4) is 0 Å². The van der Waals surface area contributed by atoms with Crippen molar-refractivity contribution in [1.82, 2.24) is 14.9 Å². The lowest BCUT2D eigenvalue weighted by atomic mass is 9.44. The molecule has 3 aromatic carbocycles. The van der Waals surface area contributed by atoms with Crippen LogP contribution in [0.25, 0.3) is 0 Å². The van der Waals surface area contributed by atoms with Crippen molar-refractivity contribution in [3.8, 4) is 0 Å². The molecule has 1 amide bonds. The Balaban J connectivity index is 1.28. The van der Waals surface area contributed by atoms with Crippen LogP contribution in [0.2, 0.25) is 0 Å². The van der Waals surface area contributed by atoms with Crippen LogP contribution in [-0.4, -0.2) is 115 Å². The highest BCUT2D eigenvalue weighted by atomic mass is 16.6. The standard InChI is InChI=1S/C49H51N3O14/c1-27-32(64-44(59)37(55)36(29-15-9-6-10-16-29)51-42(57)30-17-11-7-12-18-30)24-49(61)41(65-43(58)31-19-13-8-14-20-31)39-47(5,40(56)38(63-28(2)53)35(27)46(49,3)4)33(54)23-34-48(39,25-62-34)66-45(60)52-22-21-50-26-52/h6-22,26,32-34,36-39,41,54-55,61H,23-25H2,1-5H3,(H,51,57)/t32-,33-,34+,36-,37+,38+,39-,41-,47+,48-,49+/m0/s1. The Morgan fingerprint density at radius 3 is 2.09 bits per heavy atom. The number of fused-ring (bicyclic) bond motifs is 5. The minimum atomic E-state index is -2.45. The molecule has 66 heavy (non-hydrogen) atoms. The summed E-state index contributed by atoms with van der Waals surface area (Å²) in [4.78, 5) is 89.1. The highest BCUT2D eigenvalue weighted by Gasteiger charge is 2.78. The van der Waals surface area contributed by atoms with E-state index in [0.29, 0.717) is 5.56 Å². The van der Waals surface area contributed by atoms with Gasteiger partial charge in [-0.2, -0.15) is 0 Å². The molecule has 11 atom stereocenters. The number of amides is 1. The molecule has 1 aromatic heterocycles. The molecule has 2 heterocycles. The molecule has 346 valence electrons. The van der Waals surface area contributed by atoms with Crippen LogP contribution in [0.5, 0.6) is 0 Å². The fourth-order valence-corrected chi connectivity index (χ4v) is 10.5. The van der Waals surface area contributed by atoms with E-state index in [4.69, 9.17) is 23.7 Å². The number of nitrogens with one attached hydrogen (secondary N) is 1. The molecule has 0 radical (unpaired) electrons. The number of ketones is 1. The van der Waals surface area contributed by atoms with Gasteiger partial charge in [0.1, 0.15) is 30.2 Å². The number of ether oxygens (including phenoxy) is 5. The van der Waals surface area contributed by atoms with E-state index in [1.165, 1.54) is 44.7 Å². The van der Waals surface area contributed by atoms with Gasteiger partial charge in [0.2, 0.25) is 0 Å². The van der Waals surface area contributed by atoms with Crippen LogP contribution in [-0.2, 0) is 38.1 Å². The number of aliphatic hydroxyl groups excluding tert-OH is 2. The largest absolute Gasteiger partial charge is 0.456 e. The minimum Gasteiger partial charge on any atom is -0.456 e. The number of nitrogens with zero attached hydrogens (tertiary/aromatic N) is 2. The zero-order valence-corrected chi connectivity index (χ0v) is 36.9. The number of imidazole rings is 1. The van der Waals surface area contributed by atoms with Crippen LogP contribution in [0.15, 0.2) is 121 Å². The normalized spacial score (nSPS) is 30.6. The minimum absolute atomic E-state index is 0.0233. The van der Waals surface area contributed by atoms with E-state index < -0.39 is 113 Å². The van der Waals surface area contributed by atoms with E-state index in [9.17, 15) is 39.3 Å². The second-order valence-corrected chi connectivity index (χ2v) is 18.1. The van der Waals surface area contributed by atoms with Gasteiger partial charge < -0.3 is 44.3 Å². The average Bonchev–Trinajstić information content (AvgIpc) is 3.85. The molecule has 3 fully saturated rings. The Morgan fingerprint density at radius 2 is 1.52 bits per heavy atom. The van der Waals surface area contributed by atoms with Gasteiger partial charge in [-0.05, 0) is 54.8 Å². The van der Waals surface area contributed by atoms with E-state index in [0.717, 1.165) is 11.5 Å². The third-order valence-corrected chi connectivity index (χ3v) is 14.1. The Hall–Kier alpha value is -6.53. The van der Waals surface area contributed by atoms with Crippen LogP contribution in [0.1, 0.15) is 79.8 Å². The van der Waals surface area contributed by atoms with Crippen LogP contribution < -0.4 is 5.32 Å². The van der Waals surface area contributed by atoms with Gasteiger partial charge in [-0.25, -0.2) is 23.9 Å². The van der Waals surface area contributed by atoms with Crippen LogP contribution in [0.4, 0.5) is 4.79 Å². The van der Waals surface area contributed by atoms with Gasteiger partial charge in [0.15, 0.2) is 23.6 Å². The van der Waals surface area contributed by atoms with Gasteiger partial charge in [-0.3, -0.25) is 14.4 Å². The predicted molar refractivity (Wildman–Crippen MR) is 230 cm³/mol. The summed E-state index contributed by atoms with van der Waals surface area (Å²) in [5.74, 6) is -6.24. The predicted octanol–water partition coefficient (Wildman–Crippen LogP) is 4.05. The topological polar surface area (TPSA) is 239 Å². The second kappa shape index (κ2) is 17.4. The molecule has 0 spiro atoms. The van der Waals surface area contributed by atoms with Crippen molar-refractivity contribution >= 4 is 35.7 Å². The average molecular weight is 906 g/mol. The molecule has 4 aliphatic rings. The maximum absolute atomic E-state index is 15.7. The number of carbonyl (C=O) groups is 6. The van der Waals surface area contributed by atoms with Gasteiger partial charge in [0, 0.05) is 43.1 Å². The highest BCUT2D eigenvalue weighted by Crippen LogP contribution is 2.64. The molecule has 1 saturated heterocycles. The monoisotopic (exact) mass is 905 g/mol. The van der Waals surface area contributed by atoms with E-state index in [1.54, 1.807) is 92.7 Å². The van der Waals surface area contributed by atoms with Crippen molar-refractivity contribution in [3.05, 3.63) is 138 Å². The third kappa shape index (κ3) is 7.58. The van der Waals surface area contributed by atoms with Crippen LogP contribution >= 0.6 is 0 Å². The summed E-state index contributed by atoms with van der Waals surface area (Å²) in [6, 6.07) is 22.9. The summed E-state index contributed by atoms with van der Waals surface area (Å²) in [6.45, 7) is 6.71. The molecule has 2 saturated carbocycles. The van der Waals surface area contributed by atoms with Crippen molar-refractivity contribution in [2.75, 3.05) is 6.61 Å². The van der Waals surface area contributed by atoms with Crippen molar-refractivity contribution in [2.24, 2.45) is 16.7 Å². The SMILES string of the molecule is CC(=O)O[C@H]1C(=O)[C@@]2(C)[C@H]([C@H](OC(=O)c3ccccc3)[C@]3(O)C[C@H](OC(=O)[C@H](O)[C@@H](NC(=O)c4ccccc4)c4ccccc4)C(C)=C1C3(C)C)[C@]1(OC(=O)n3ccnc3)CO[C@@H]1C[C@@H]2O. The van der Waals surface area contributed by atoms with Gasteiger partial charge in [0.25, 0.3) is 5.91 Å². The van der Waals surface area contributed by atoms with E-state index in [-0.39, 0.29) is 35.3 Å². The summed E-state index contributed by atoms with van der Waals surface area (Å²) < 4.78 is 31.8. The lowest BCUT2D eigenvalue weighted by Crippen LogP contribution is -2.82. The summed E-state index contributed by atoms with van der Waals surface area (Å²) in [6.07, 6.45) is -7.98. The summed E-state index contributed by atoms with van der Waals surface area (Å²) in [7, 11) is 0. The Labute approximate surface area is 379 Å². The van der Waals surface area contributed by atoms with Crippen molar-refractivity contribution in [3.63, 3.8) is 0 Å². The first kappa shape index (κ1) is 46.0. The van der Waals surface area contributed by atoms with E-state index >= 15 is 4.79 Å². The molecule has 4 aromatic rings. The molecule has 3 aliphatic carbocycles. The molecule has 8 rings (SSSR count). The summed E-state index contributed by atoms with van der Waals surface area (Å²) >= 11 is 0. The zero-order valence-electron chi connectivity index (χ0n) is 36.9. The lowest BCUT2D eigenvalue weighted by molar-refractivity contribution is -0.341. The molecular weight excluding hydrogens is 855 g/mol. The first-order valence-corrected chi connectivity index (χ1v) is 21.6. The number of aliphatic hydroxyl groups is 3. The first-order chi connectivity index (χ1) is 31.3. The number of esters is 3. The van der Waals surface area contributed by atoms with Gasteiger partial charge in [-0.1, -0.05) is 80.6 Å². The van der Waals surface area contributed by atoms with Crippen LogP contribution in [0, 0.1) is 16.7 Å². The molecule has 4 N–H and O–H groups in total. The smallest absolute Gasteiger partial charge is 0.419 e. The Morgan fingerprint density at radius 1 is 0.894 bits per heavy atom. The Bertz CT molecular complexity index is 2550. The van der Waals surface area contributed by atoms with Gasteiger partial charge in [-0.15, -0.1) is 0 Å². The maximum atomic E-state index is 15.7. The van der Waals surface area contributed by atoms with E-state index in [1.807, 2.05) is 0 Å². The first-order valence-electron chi connectivity index (χ1n) is 21.6. The van der Waals surface area contributed by atoms with E-state index in [2.05, 4.69) is 10.3 Å². The van der Waals surface area contributed by atoms with Crippen molar-refractivity contribution in [2.45, 2.75) is 101 Å². The molecule has 0 unspecified atom stereocenters. The molecule has 17 nitrogen and oxygen atoms in total. The lowest BCUT2D eigenvalue weighted by Gasteiger charge is -2.67.